The Labute approximate surface area is 132 Å². The molecule has 0 saturated carbocycles. The Balaban J connectivity index is 2.58. The summed E-state index contributed by atoms with van der Waals surface area (Å²) in [7, 11) is 1.60. The van der Waals surface area contributed by atoms with E-state index in [1.165, 1.54) is 16.7 Å². The molecule has 2 aromatic rings. The van der Waals surface area contributed by atoms with E-state index >= 15 is 0 Å². The number of methoxy groups -OCH3 is 1. The number of hydrogen-bond acceptors (Lipinski definition) is 5. The first-order valence-corrected chi connectivity index (χ1v) is 8.06. The Morgan fingerprint density at radius 1 is 1.50 bits per heavy atom. The van der Waals surface area contributed by atoms with Crippen molar-refractivity contribution in [1.82, 2.24) is 9.55 Å². The lowest BCUT2D eigenvalue weighted by Gasteiger charge is -2.13. The van der Waals surface area contributed by atoms with Crippen molar-refractivity contribution in [2.24, 2.45) is 5.92 Å². The Morgan fingerprint density at radius 2 is 2.23 bits per heavy atom. The molecule has 0 saturated heterocycles. The topological polar surface area (TPSA) is 81.4 Å². The summed E-state index contributed by atoms with van der Waals surface area (Å²) in [5, 5.41) is 10.9. The number of thiophene rings is 1. The van der Waals surface area contributed by atoms with E-state index in [1.54, 1.807) is 11.7 Å². The van der Waals surface area contributed by atoms with Gasteiger partial charge in [-0.15, -0.1) is 11.3 Å². The number of nitrogens with zero attached hydrogens (tertiary/aromatic N) is 2. The average Bonchev–Trinajstić information content (AvgIpc) is 2.88. The largest absolute Gasteiger partial charge is 0.478 e. The molecule has 0 aliphatic carbocycles. The van der Waals surface area contributed by atoms with Crippen LogP contribution < -0.4 is 5.56 Å². The summed E-state index contributed by atoms with van der Waals surface area (Å²) in [6, 6.07) is 0. The molecule has 0 amide bonds. The van der Waals surface area contributed by atoms with Gasteiger partial charge in [-0.1, -0.05) is 13.8 Å². The summed E-state index contributed by atoms with van der Waals surface area (Å²) >= 11 is 1.19. The van der Waals surface area contributed by atoms with Crippen LogP contribution in [0, 0.1) is 5.92 Å². The highest BCUT2D eigenvalue weighted by Crippen LogP contribution is 2.22. The number of hydrogen-bond donors (Lipinski definition) is 1. The number of fused-ring (bicyclic) bond motifs is 1. The second-order valence-electron chi connectivity index (χ2n) is 5.54. The van der Waals surface area contributed by atoms with Gasteiger partial charge in [0.2, 0.25) is 0 Å². The third-order valence-electron chi connectivity index (χ3n) is 3.46. The minimum absolute atomic E-state index is 0.0362. The molecule has 0 atom stereocenters. The van der Waals surface area contributed by atoms with E-state index in [-0.39, 0.29) is 16.5 Å². The summed E-state index contributed by atoms with van der Waals surface area (Å²) in [5.41, 5.74) is -0.232. The Kier molecular flexibility index (Phi) is 5.31. The first-order valence-electron chi connectivity index (χ1n) is 7.18. The van der Waals surface area contributed by atoms with Gasteiger partial charge in [0.25, 0.3) is 5.56 Å². The second-order valence-corrected chi connectivity index (χ2v) is 6.40. The number of aromatic nitrogens is 2. The van der Waals surface area contributed by atoms with E-state index in [0.717, 1.165) is 6.42 Å². The fourth-order valence-electron chi connectivity index (χ4n) is 2.23. The van der Waals surface area contributed by atoms with Crippen LogP contribution in [0.1, 0.15) is 36.5 Å². The van der Waals surface area contributed by atoms with Gasteiger partial charge in [-0.3, -0.25) is 9.36 Å². The van der Waals surface area contributed by atoms with Gasteiger partial charge in [-0.05, 0) is 12.3 Å². The lowest BCUT2D eigenvalue weighted by atomic mass is 10.1. The van der Waals surface area contributed by atoms with E-state index in [4.69, 9.17) is 4.74 Å². The minimum Gasteiger partial charge on any atom is -0.478 e. The highest BCUT2D eigenvalue weighted by molar-refractivity contribution is 7.17. The molecule has 2 heterocycles. The number of ether oxygens (including phenoxy) is 1. The van der Waals surface area contributed by atoms with Crippen LogP contribution in [0.15, 0.2) is 10.2 Å². The average molecular weight is 324 g/mol. The van der Waals surface area contributed by atoms with Gasteiger partial charge in [-0.2, -0.15) is 0 Å². The van der Waals surface area contributed by atoms with Crippen LogP contribution in [0.3, 0.4) is 0 Å². The van der Waals surface area contributed by atoms with E-state index in [2.05, 4.69) is 18.8 Å². The van der Waals surface area contributed by atoms with Crippen LogP contribution in [-0.4, -0.2) is 34.3 Å². The van der Waals surface area contributed by atoms with Crippen LogP contribution in [0.4, 0.5) is 0 Å². The van der Waals surface area contributed by atoms with Crippen molar-refractivity contribution < 1.29 is 14.6 Å². The maximum Gasteiger partial charge on any atom is 0.337 e. The van der Waals surface area contributed by atoms with Gasteiger partial charge >= 0.3 is 5.97 Å². The smallest absolute Gasteiger partial charge is 0.337 e. The zero-order valence-electron chi connectivity index (χ0n) is 13.0. The number of aromatic carboxylic acids is 1. The number of rotatable bonds is 7. The molecule has 6 nitrogen and oxygen atoms in total. The van der Waals surface area contributed by atoms with Gasteiger partial charge in [0, 0.05) is 25.5 Å². The van der Waals surface area contributed by atoms with E-state index < -0.39 is 5.97 Å². The predicted octanol–water partition coefficient (Wildman–Crippen LogP) is 2.39. The van der Waals surface area contributed by atoms with Crippen molar-refractivity contribution in [1.29, 1.82) is 0 Å². The monoisotopic (exact) mass is 324 g/mol. The van der Waals surface area contributed by atoms with E-state index in [0.29, 0.717) is 36.1 Å². The molecule has 0 fully saturated rings. The molecule has 0 spiro atoms. The normalized spacial score (nSPS) is 11.5. The lowest BCUT2D eigenvalue weighted by molar-refractivity contribution is 0.0699. The van der Waals surface area contributed by atoms with E-state index in [1.807, 2.05) is 0 Å². The summed E-state index contributed by atoms with van der Waals surface area (Å²) in [6.07, 6.45) is 1.36. The highest BCUT2D eigenvalue weighted by Gasteiger charge is 2.19. The van der Waals surface area contributed by atoms with Crippen molar-refractivity contribution in [3.05, 3.63) is 27.1 Å². The maximum absolute atomic E-state index is 12.7. The van der Waals surface area contributed by atoms with Crippen molar-refractivity contribution in [3.8, 4) is 0 Å². The molecular formula is C15H20N2O4S. The molecule has 0 aliphatic heterocycles. The van der Waals surface area contributed by atoms with Crippen molar-refractivity contribution in [2.75, 3.05) is 13.7 Å². The van der Waals surface area contributed by atoms with Crippen LogP contribution in [0.25, 0.3) is 10.2 Å². The van der Waals surface area contributed by atoms with Crippen molar-refractivity contribution >= 4 is 27.5 Å². The van der Waals surface area contributed by atoms with Gasteiger partial charge in [0.15, 0.2) is 0 Å². The lowest BCUT2D eigenvalue weighted by Crippen LogP contribution is -2.27. The van der Waals surface area contributed by atoms with E-state index in [9.17, 15) is 14.7 Å². The van der Waals surface area contributed by atoms with Crippen LogP contribution in [-0.2, 0) is 17.7 Å². The zero-order chi connectivity index (χ0) is 16.3. The SMILES string of the molecule is COCCc1nc2scc(C(=O)O)c2c(=O)n1CCC(C)C. The third-order valence-corrected chi connectivity index (χ3v) is 4.34. The summed E-state index contributed by atoms with van der Waals surface area (Å²) in [5.74, 6) is 0.00304. The maximum atomic E-state index is 12.7. The van der Waals surface area contributed by atoms with Crippen molar-refractivity contribution in [3.63, 3.8) is 0 Å². The first-order chi connectivity index (χ1) is 10.5. The highest BCUT2D eigenvalue weighted by atomic mass is 32.1. The van der Waals surface area contributed by atoms with Gasteiger partial charge in [-0.25, -0.2) is 9.78 Å². The predicted molar refractivity (Wildman–Crippen MR) is 85.9 cm³/mol. The minimum atomic E-state index is -1.09. The molecule has 0 radical (unpaired) electrons. The third kappa shape index (κ3) is 3.36. The molecule has 2 aromatic heterocycles. The first kappa shape index (κ1) is 16.6. The van der Waals surface area contributed by atoms with Gasteiger partial charge < -0.3 is 9.84 Å². The second kappa shape index (κ2) is 7.02. The van der Waals surface area contributed by atoms with Crippen LogP contribution in [0.2, 0.25) is 0 Å². The van der Waals surface area contributed by atoms with Gasteiger partial charge in [0.05, 0.1) is 17.6 Å². The Bertz CT molecular complexity index is 733. The van der Waals surface area contributed by atoms with Crippen molar-refractivity contribution in [2.45, 2.75) is 33.2 Å². The summed E-state index contributed by atoms with van der Waals surface area (Å²) < 4.78 is 6.67. The molecule has 22 heavy (non-hydrogen) atoms. The number of carboxylic acids is 1. The molecule has 0 bridgehead atoms. The Morgan fingerprint density at radius 3 is 2.82 bits per heavy atom. The van der Waals surface area contributed by atoms with Gasteiger partial charge in [0.1, 0.15) is 10.7 Å². The molecular weight excluding hydrogens is 304 g/mol. The standard InChI is InChI=1S/C15H20N2O4S/c1-9(2)4-6-17-11(5-7-21-3)16-13-12(14(17)18)10(8-22-13)15(19)20/h8-9H,4-7H2,1-3H3,(H,19,20). The molecule has 7 heteroatoms. The number of carbonyl (C=O) groups is 1. The molecule has 1 N–H and O–H groups in total. The molecule has 2 rings (SSSR count). The van der Waals surface area contributed by atoms with Crippen LogP contribution >= 0.6 is 11.3 Å². The summed E-state index contributed by atoms with van der Waals surface area (Å²) in [6.45, 7) is 5.17. The molecule has 0 aromatic carbocycles. The number of carboxylic acid groups (broad SMARTS) is 1. The zero-order valence-corrected chi connectivity index (χ0v) is 13.8. The van der Waals surface area contributed by atoms with Crippen LogP contribution in [0.5, 0.6) is 0 Å². The fourth-order valence-corrected chi connectivity index (χ4v) is 3.15. The quantitative estimate of drug-likeness (QED) is 0.845. The fraction of sp³-hybridized carbons (Fsp3) is 0.533. The summed E-state index contributed by atoms with van der Waals surface area (Å²) in [4.78, 5) is 29.0. The molecule has 0 aliphatic rings. The Hall–Kier alpha value is -1.73. The molecule has 120 valence electrons. The molecule has 0 unspecified atom stereocenters.